The normalized spacial score (nSPS) is 29.8. The first-order chi connectivity index (χ1) is 6.18. The van der Waals surface area contributed by atoms with Gasteiger partial charge < -0.3 is 4.52 Å². The molecule has 2 rings (SSSR count). The van der Waals surface area contributed by atoms with Crippen molar-refractivity contribution in [3.05, 3.63) is 17.5 Å². The van der Waals surface area contributed by atoms with Gasteiger partial charge in [-0.25, -0.2) is 0 Å². The van der Waals surface area contributed by atoms with E-state index in [1.165, 1.54) is 6.42 Å². The lowest BCUT2D eigenvalue weighted by Gasteiger charge is -2.19. The fraction of sp³-hybridized carbons (Fsp3) is 0.700. The lowest BCUT2D eigenvalue weighted by Crippen LogP contribution is -2.19. The monoisotopic (exact) mass is 180 g/mol. The molecule has 2 atom stereocenters. The van der Waals surface area contributed by atoms with E-state index < -0.39 is 0 Å². The molecule has 0 amide bonds. The zero-order valence-electron chi connectivity index (χ0n) is 8.45. The van der Waals surface area contributed by atoms with E-state index >= 15 is 0 Å². The molecule has 0 radical (unpaired) electrons. The molecule has 0 bridgehead atoms. The first-order valence-corrected chi connectivity index (χ1v) is 4.82. The van der Waals surface area contributed by atoms with Crippen molar-refractivity contribution >= 4 is 0 Å². The van der Waals surface area contributed by atoms with Gasteiger partial charge in [0.25, 0.3) is 0 Å². The molecular weight excluding hydrogens is 164 g/mol. The minimum atomic E-state index is 0.432. The van der Waals surface area contributed by atoms with Crippen molar-refractivity contribution in [1.29, 1.82) is 0 Å². The fourth-order valence-electron chi connectivity index (χ4n) is 2.16. The van der Waals surface area contributed by atoms with E-state index in [4.69, 9.17) is 4.52 Å². The molecule has 0 aliphatic carbocycles. The quantitative estimate of drug-likeness (QED) is 0.662. The third kappa shape index (κ3) is 1.48. The number of hydrogen-bond donors (Lipinski definition) is 0. The Kier molecular flexibility index (Phi) is 2.12. The van der Waals surface area contributed by atoms with Crippen LogP contribution in [0.25, 0.3) is 0 Å². The van der Waals surface area contributed by atoms with Gasteiger partial charge in [0, 0.05) is 6.07 Å². The smallest absolute Gasteiger partial charge is 0.154 e. The predicted molar refractivity (Wildman–Crippen MR) is 50.4 cm³/mol. The van der Waals surface area contributed by atoms with E-state index in [2.05, 4.69) is 24.0 Å². The van der Waals surface area contributed by atoms with Gasteiger partial charge in [-0.15, -0.1) is 0 Å². The van der Waals surface area contributed by atoms with Crippen molar-refractivity contribution in [1.82, 2.24) is 10.1 Å². The zero-order valence-corrected chi connectivity index (χ0v) is 8.45. The van der Waals surface area contributed by atoms with Crippen LogP contribution in [0.4, 0.5) is 0 Å². The zero-order chi connectivity index (χ0) is 9.42. The van der Waals surface area contributed by atoms with Crippen LogP contribution in [0, 0.1) is 12.8 Å². The van der Waals surface area contributed by atoms with Crippen LogP contribution in [-0.4, -0.2) is 23.6 Å². The molecule has 0 spiro atoms. The summed E-state index contributed by atoms with van der Waals surface area (Å²) in [5.41, 5.74) is 0.975. The summed E-state index contributed by atoms with van der Waals surface area (Å²) in [6.07, 6.45) is 1.25. The van der Waals surface area contributed by atoms with Crippen LogP contribution in [0.5, 0.6) is 0 Å². The number of rotatable bonds is 1. The molecular formula is C10H16N2O. The van der Waals surface area contributed by atoms with Crippen molar-refractivity contribution in [3.8, 4) is 0 Å². The number of aryl methyl sites for hydroxylation is 1. The molecule has 2 heterocycles. The molecule has 0 aromatic carbocycles. The van der Waals surface area contributed by atoms with Crippen molar-refractivity contribution in [2.45, 2.75) is 26.3 Å². The Labute approximate surface area is 78.7 Å². The molecule has 1 fully saturated rings. The summed E-state index contributed by atoms with van der Waals surface area (Å²) in [5.74, 6) is 1.70. The Balaban J connectivity index is 2.24. The van der Waals surface area contributed by atoms with E-state index in [0.29, 0.717) is 12.0 Å². The molecule has 0 unspecified atom stereocenters. The highest BCUT2D eigenvalue weighted by Crippen LogP contribution is 2.35. The number of likely N-dealkylation sites (tertiary alicyclic amines) is 1. The van der Waals surface area contributed by atoms with Crippen LogP contribution in [-0.2, 0) is 0 Å². The lowest BCUT2D eigenvalue weighted by molar-refractivity contribution is 0.225. The maximum Gasteiger partial charge on any atom is 0.154 e. The van der Waals surface area contributed by atoms with Crippen LogP contribution in [0.3, 0.4) is 0 Å². The molecule has 0 saturated carbocycles. The van der Waals surface area contributed by atoms with Crippen molar-refractivity contribution in [3.63, 3.8) is 0 Å². The number of aromatic nitrogens is 1. The highest BCUT2D eigenvalue weighted by Gasteiger charge is 2.32. The van der Waals surface area contributed by atoms with Gasteiger partial charge in [-0.2, -0.15) is 0 Å². The largest absolute Gasteiger partial charge is 0.359 e. The van der Waals surface area contributed by atoms with E-state index in [0.717, 1.165) is 18.0 Å². The molecule has 1 aliphatic rings. The average molecular weight is 180 g/mol. The molecule has 1 aliphatic heterocycles. The van der Waals surface area contributed by atoms with Crippen LogP contribution in [0.1, 0.15) is 30.8 Å². The molecule has 0 N–H and O–H groups in total. The average Bonchev–Trinajstić information content (AvgIpc) is 2.60. The van der Waals surface area contributed by atoms with Gasteiger partial charge in [0.2, 0.25) is 0 Å². The predicted octanol–water partition coefficient (Wildman–Crippen LogP) is 2.00. The first kappa shape index (κ1) is 8.75. The second-order valence-corrected chi connectivity index (χ2v) is 4.06. The van der Waals surface area contributed by atoms with Gasteiger partial charge in [-0.1, -0.05) is 12.1 Å². The maximum absolute atomic E-state index is 5.30. The number of hydrogen-bond acceptors (Lipinski definition) is 3. The highest BCUT2D eigenvalue weighted by atomic mass is 16.5. The standard InChI is InChI=1S/C10H16N2O/c1-7-4-5-12(3)10(7)9-6-8(2)11-13-9/h6-7,10H,4-5H2,1-3H3/t7-,10-/m0/s1. The molecule has 1 aromatic rings. The summed E-state index contributed by atoms with van der Waals surface area (Å²) < 4.78 is 5.30. The summed E-state index contributed by atoms with van der Waals surface area (Å²) in [6.45, 7) is 5.39. The van der Waals surface area contributed by atoms with E-state index in [1.807, 2.05) is 13.0 Å². The van der Waals surface area contributed by atoms with Gasteiger partial charge in [-0.05, 0) is 32.9 Å². The van der Waals surface area contributed by atoms with Gasteiger partial charge in [-0.3, -0.25) is 4.90 Å². The number of nitrogens with zero attached hydrogens (tertiary/aromatic N) is 2. The fourth-order valence-corrected chi connectivity index (χ4v) is 2.16. The summed E-state index contributed by atoms with van der Waals surface area (Å²) in [4.78, 5) is 2.34. The van der Waals surface area contributed by atoms with Crippen molar-refractivity contribution < 1.29 is 4.52 Å². The van der Waals surface area contributed by atoms with E-state index in [1.54, 1.807) is 0 Å². The SMILES string of the molecule is Cc1cc([C@@H]2[C@@H](C)CCN2C)on1. The Morgan fingerprint density at radius 1 is 1.62 bits per heavy atom. The lowest BCUT2D eigenvalue weighted by atomic mass is 10.0. The Morgan fingerprint density at radius 3 is 2.85 bits per heavy atom. The van der Waals surface area contributed by atoms with Crippen LogP contribution < -0.4 is 0 Å². The molecule has 3 heteroatoms. The topological polar surface area (TPSA) is 29.3 Å². The summed E-state index contributed by atoms with van der Waals surface area (Å²) in [7, 11) is 2.14. The third-order valence-electron chi connectivity index (χ3n) is 2.89. The van der Waals surface area contributed by atoms with E-state index in [-0.39, 0.29) is 0 Å². The highest BCUT2D eigenvalue weighted by molar-refractivity contribution is 5.10. The molecule has 1 saturated heterocycles. The minimum Gasteiger partial charge on any atom is -0.359 e. The van der Waals surface area contributed by atoms with Crippen LogP contribution in [0.2, 0.25) is 0 Å². The summed E-state index contributed by atoms with van der Waals surface area (Å²) in [5, 5.41) is 3.93. The Bertz CT molecular complexity index is 285. The molecule has 3 nitrogen and oxygen atoms in total. The van der Waals surface area contributed by atoms with Crippen molar-refractivity contribution in [2.24, 2.45) is 5.92 Å². The molecule has 72 valence electrons. The maximum atomic E-state index is 5.30. The summed E-state index contributed by atoms with van der Waals surface area (Å²) in [6, 6.07) is 2.48. The molecule has 13 heavy (non-hydrogen) atoms. The first-order valence-electron chi connectivity index (χ1n) is 4.82. The second kappa shape index (κ2) is 3.14. The van der Waals surface area contributed by atoms with E-state index in [9.17, 15) is 0 Å². The van der Waals surface area contributed by atoms with Crippen LogP contribution >= 0.6 is 0 Å². The van der Waals surface area contributed by atoms with Gasteiger partial charge in [0.05, 0.1) is 11.7 Å². The third-order valence-corrected chi connectivity index (χ3v) is 2.89. The van der Waals surface area contributed by atoms with Crippen LogP contribution in [0.15, 0.2) is 10.6 Å². The van der Waals surface area contributed by atoms with Crippen molar-refractivity contribution in [2.75, 3.05) is 13.6 Å². The summed E-state index contributed by atoms with van der Waals surface area (Å²) >= 11 is 0. The molecule has 1 aromatic heterocycles. The Hall–Kier alpha value is -0.830. The van der Waals surface area contributed by atoms with Gasteiger partial charge >= 0.3 is 0 Å². The Morgan fingerprint density at radius 2 is 2.38 bits per heavy atom. The van der Waals surface area contributed by atoms with Gasteiger partial charge in [0.1, 0.15) is 0 Å². The second-order valence-electron chi connectivity index (χ2n) is 4.06. The minimum absolute atomic E-state index is 0.432. The van der Waals surface area contributed by atoms with Gasteiger partial charge in [0.15, 0.2) is 5.76 Å².